The van der Waals surface area contributed by atoms with Gasteiger partial charge in [0.1, 0.15) is 0 Å². The summed E-state index contributed by atoms with van der Waals surface area (Å²) in [5.41, 5.74) is -0.138. The maximum Gasteiger partial charge on any atom is 0.176 e. The lowest BCUT2D eigenvalue weighted by atomic mass is 10.1. The fourth-order valence-corrected chi connectivity index (χ4v) is 4.80. The second kappa shape index (κ2) is 4.26. The number of benzene rings is 1. The van der Waals surface area contributed by atoms with Crippen LogP contribution in [0.2, 0.25) is 0 Å². The normalized spacial score (nSPS) is 18.1. The van der Waals surface area contributed by atoms with Gasteiger partial charge in [-0.25, -0.2) is 8.42 Å². The second-order valence-electron chi connectivity index (χ2n) is 4.29. The molecule has 1 aliphatic carbocycles. The molecule has 0 atom stereocenters. The quantitative estimate of drug-likeness (QED) is 0.862. The van der Waals surface area contributed by atoms with E-state index in [2.05, 4.69) is 15.9 Å². The maximum atomic E-state index is 11.7. The van der Waals surface area contributed by atoms with Crippen molar-refractivity contribution in [3.8, 4) is 0 Å². The zero-order valence-corrected chi connectivity index (χ0v) is 12.7. The van der Waals surface area contributed by atoms with Gasteiger partial charge < -0.3 is 5.11 Å². The van der Waals surface area contributed by atoms with Crippen LogP contribution in [0.5, 0.6) is 0 Å². The highest BCUT2D eigenvalue weighted by Gasteiger charge is 2.43. The highest BCUT2D eigenvalue weighted by Crippen LogP contribution is 2.48. The number of hydrogen-bond donors (Lipinski definition) is 1. The van der Waals surface area contributed by atoms with Crippen molar-refractivity contribution in [2.75, 3.05) is 12.5 Å². The Kier molecular flexibility index (Phi) is 3.36. The number of hydrogen-bond acceptors (Lipinski definition) is 4. The summed E-state index contributed by atoms with van der Waals surface area (Å²) in [6.07, 6.45) is 4.41. The third-order valence-corrected chi connectivity index (χ3v) is 5.86. The molecule has 0 heterocycles. The fourth-order valence-electron chi connectivity index (χ4n) is 1.72. The van der Waals surface area contributed by atoms with Crippen LogP contribution in [0.4, 0.5) is 0 Å². The standard InChI is InChI=1S/C11H13BrO3S2/c1-16-10-8(12)5-7(11(13)3-4-11)6-9(10)17(2,14)15/h5-6,13H,3-4H2,1-2H3. The van der Waals surface area contributed by atoms with Crippen LogP contribution in [0.15, 0.2) is 26.4 Å². The Hall–Kier alpha value is -0.0400. The van der Waals surface area contributed by atoms with Crippen molar-refractivity contribution >= 4 is 37.5 Å². The van der Waals surface area contributed by atoms with Gasteiger partial charge in [0.2, 0.25) is 0 Å². The van der Waals surface area contributed by atoms with Crippen molar-refractivity contribution in [3.05, 3.63) is 22.2 Å². The van der Waals surface area contributed by atoms with Crippen LogP contribution in [0.3, 0.4) is 0 Å². The Bertz CT molecular complexity index is 562. The van der Waals surface area contributed by atoms with Gasteiger partial charge in [-0.1, -0.05) is 0 Å². The predicted molar refractivity (Wildman–Crippen MR) is 72.2 cm³/mol. The Morgan fingerprint density at radius 3 is 2.41 bits per heavy atom. The van der Waals surface area contributed by atoms with E-state index in [0.717, 1.165) is 4.47 Å². The van der Waals surface area contributed by atoms with Gasteiger partial charge in [0.05, 0.1) is 10.5 Å². The minimum atomic E-state index is -3.29. The van der Waals surface area contributed by atoms with E-state index in [1.165, 1.54) is 18.0 Å². The van der Waals surface area contributed by atoms with Gasteiger partial charge in [0.25, 0.3) is 0 Å². The maximum absolute atomic E-state index is 11.7. The van der Waals surface area contributed by atoms with Crippen LogP contribution in [0.1, 0.15) is 18.4 Å². The van der Waals surface area contributed by atoms with Crippen molar-refractivity contribution < 1.29 is 13.5 Å². The second-order valence-corrected chi connectivity index (χ2v) is 7.95. The van der Waals surface area contributed by atoms with Crippen LogP contribution < -0.4 is 0 Å². The van der Waals surface area contributed by atoms with Gasteiger partial charge in [-0.2, -0.15) is 0 Å². The topological polar surface area (TPSA) is 54.4 Å². The van der Waals surface area contributed by atoms with E-state index in [0.29, 0.717) is 23.3 Å². The zero-order valence-electron chi connectivity index (χ0n) is 9.53. The number of halogens is 1. The number of sulfone groups is 1. The molecule has 1 saturated carbocycles. The van der Waals surface area contributed by atoms with Crippen LogP contribution in [0.25, 0.3) is 0 Å². The summed E-state index contributed by atoms with van der Waals surface area (Å²) in [4.78, 5) is 0.982. The molecule has 94 valence electrons. The summed E-state index contributed by atoms with van der Waals surface area (Å²) in [6, 6.07) is 3.41. The molecule has 17 heavy (non-hydrogen) atoms. The highest BCUT2D eigenvalue weighted by atomic mass is 79.9. The lowest BCUT2D eigenvalue weighted by Crippen LogP contribution is -2.08. The lowest BCUT2D eigenvalue weighted by Gasteiger charge is -2.14. The summed E-state index contributed by atoms with van der Waals surface area (Å²) < 4.78 is 24.2. The summed E-state index contributed by atoms with van der Waals surface area (Å²) in [5.74, 6) is 0. The molecule has 0 aromatic heterocycles. The molecule has 2 rings (SSSR count). The van der Waals surface area contributed by atoms with Gasteiger partial charge in [0, 0.05) is 15.6 Å². The average Bonchev–Trinajstić information content (AvgIpc) is 2.95. The molecule has 1 aromatic carbocycles. The van der Waals surface area contributed by atoms with E-state index in [9.17, 15) is 13.5 Å². The van der Waals surface area contributed by atoms with Crippen LogP contribution in [-0.2, 0) is 15.4 Å². The molecular formula is C11H13BrO3S2. The monoisotopic (exact) mass is 336 g/mol. The molecule has 1 N–H and O–H groups in total. The Morgan fingerprint density at radius 1 is 1.41 bits per heavy atom. The lowest BCUT2D eigenvalue weighted by molar-refractivity contribution is 0.151. The molecule has 0 radical (unpaired) electrons. The van der Waals surface area contributed by atoms with Gasteiger partial charge in [-0.3, -0.25) is 0 Å². The first-order chi connectivity index (χ1) is 7.78. The smallest absolute Gasteiger partial charge is 0.176 e. The molecule has 0 unspecified atom stereocenters. The minimum absolute atomic E-state index is 0.287. The molecule has 0 amide bonds. The molecular weight excluding hydrogens is 324 g/mol. The van der Waals surface area contributed by atoms with Crippen molar-refractivity contribution in [1.82, 2.24) is 0 Å². The largest absolute Gasteiger partial charge is 0.385 e. The highest BCUT2D eigenvalue weighted by molar-refractivity contribution is 9.10. The Labute approximate surface area is 114 Å². The molecule has 0 saturated heterocycles. The summed E-state index contributed by atoms with van der Waals surface area (Å²) in [5, 5.41) is 10.1. The van der Waals surface area contributed by atoms with Crippen LogP contribution >= 0.6 is 27.7 Å². The molecule has 1 fully saturated rings. The van der Waals surface area contributed by atoms with Crippen LogP contribution in [-0.4, -0.2) is 26.0 Å². The Balaban J connectivity index is 2.67. The first-order valence-corrected chi connectivity index (χ1v) is 8.99. The number of rotatable bonds is 3. The number of aliphatic hydroxyl groups is 1. The van der Waals surface area contributed by atoms with E-state index in [1.54, 1.807) is 6.07 Å². The molecule has 3 nitrogen and oxygen atoms in total. The molecule has 1 aliphatic rings. The molecule has 0 spiro atoms. The SMILES string of the molecule is CSc1c(Br)cc(C2(O)CC2)cc1S(C)(=O)=O. The van der Waals surface area contributed by atoms with Crippen molar-refractivity contribution in [3.63, 3.8) is 0 Å². The summed E-state index contributed by atoms with van der Waals surface area (Å²) in [7, 11) is -3.29. The van der Waals surface area contributed by atoms with Gasteiger partial charge in [-0.05, 0) is 52.7 Å². The van der Waals surface area contributed by atoms with Crippen LogP contribution in [0, 0.1) is 0 Å². The molecule has 0 bridgehead atoms. The molecule has 6 heteroatoms. The van der Waals surface area contributed by atoms with Gasteiger partial charge in [-0.15, -0.1) is 11.8 Å². The fraction of sp³-hybridized carbons (Fsp3) is 0.455. The molecule has 0 aliphatic heterocycles. The van der Waals surface area contributed by atoms with E-state index in [4.69, 9.17) is 0 Å². The molecule has 1 aromatic rings. The summed E-state index contributed by atoms with van der Waals surface area (Å²) >= 11 is 4.76. The first-order valence-electron chi connectivity index (χ1n) is 5.08. The van der Waals surface area contributed by atoms with Crippen molar-refractivity contribution in [2.24, 2.45) is 0 Å². The van der Waals surface area contributed by atoms with E-state index in [1.807, 2.05) is 12.3 Å². The predicted octanol–water partition coefficient (Wildman–Crippen LogP) is 2.56. The number of thioether (sulfide) groups is 1. The first kappa shape index (κ1) is 13.4. The summed E-state index contributed by atoms with van der Waals surface area (Å²) in [6.45, 7) is 0. The zero-order chi connectivity index (χ0) is 12.8. The van der Waals surface area contributed by atoms with Gasteiger partial charge >= 0.3 is 0 Å². The minimum Gasteiger partial charge on any atom is -0.385 e. The Morgan fingerprint density at radius 2 is 2.00 bits per heavy atom. The van der Waals surface area contributed by atoms with E-state index >= 15 is 0 Å². The average molecular weight is 337 g/mol. The van der Waals surface area contributed by atoms with E-state index in [-0.39, 0.29) is 4.90 Å². The van der Waals surface area contributed by atoms with E-state index < -0.39 is 15.4 Å². The van der Waals surface area contributed by atoms with Gasteiger partial charge in [0.15, 0.2) is 9.84 Å². The van der Waals surface area contributed by atoms with Crippen molar-refractivity contribution in [1.29, 1.82) is 0 Å². The van der Waals surface area contributed by atoms with Crippen molar-refractivity contribution in [2.45, 2.75) is 28.2 Å². The third-order valence-electron chi connectivity index (χ3n) is 2.87. The third kappa shape index (κ3) is 2.54.